The van der Waals surface area contributed by atoms with E-state index < -0.39 is 5.97 Å². The summed E-state index contributed by atoms with van der Waals surface area (Å²) in [5, 5.41) is 4.12. The summed E-state index contributed by atoms with van der Waals surface area (Å²) in [6, 6.07) is 1.61. The van der Waals surface area contributed by atoms with Gasteiger partial charge in [-0.1, -0.05) is 12.2 Å². The van der Waals surface area contributed by atoms with Crippen molar-refractivity contribution in [3.63, 3.8) is 0 Å². The van der Waals surface area contributed by atoms with Crippen molar-refractivity contribution in [3.05, 3.63) is 29.6 Å². The number of nitrogens with zero attached hydrogens (tertiary/aromatic N) is 2. The molecule has 0 aliphatic heterocycles. The molecule has 5 heteroatoms. The van der Waals surface area contributed by atoms with Gasteiger partial charge in [0.15, 0.2) is 5.69 Å². The van der Waals surface area contributed by atoms with Crippen molar-refractivity contribution < 1.29 is 14.3 Å². The van der Waals surface area contributed by atoms with Crippen molar-refractivity contribution in [2.45, 2.75) is 26.7 Å². The molecule has 0 radical (unpaired) electrons. The van der Waals surface area contributed by atoms with E-state index in [1.807, 2.05) is 0 Å². The minimum absolute atomic E-state index is 0.00125. The van der Waals surface area contributed by atoms with Gasteiger partial charge >= 0.3 is 5.97 Å². The van der Waals surface area contributed by atoms with E-state index in [0.29, 0.717) is 24.1 Å². The van der Waals surface area contributed by atoms with Crippen LogP contribution < -0.4 is 0 Å². The first-order valence-corrected chi connectivity index (χ1v) is 7.06. The normalized spacial score (nSPS) is 27.0. The highest BCUT2D eigenvalue weighted by molar-refractivity contribution is 5.89. The largest absolute Gasteiger partial charge is 0.461 e. The zero-order chi connectivity index (χ0) is 14.3. The van der Waals surface area contributed by atoms with Gasteiger partial charge in [0.2, 0.25) is 0 Å². The monoisotopic (exact) mass is 274 g/mol. The van der Waals surface area contributed by atoms with Crippen LogP contribution in [0.1, 0.15) is 40.7 Å². The van der Waals surface area contributed by atoms with E-state index in [0.717, 1.165) is 12.8 Å². The van der Waals surface area contributed by atoms with E-state index in [2.05, 4.69) is 17.3 Å². The van der Waals surface area contributed by atoms with Gasteiger partial charge in [-0.2, -0.15) is 5.10 Å². The Morgan fingerprint density at radius 1 is 1.40 bits per heavy atom. The molecule has 0 amide bonds. The summed E-state index contributed by atoms with van der Waals surface area (Å²) in [5.41, 5.74) is 0.890. The summed E-state index contributed by atoms with van der Waals surface area (Å²) in [6.45, 7) is 3.83. The van der Waals surface area contributed by atoms with E-state index in [9.17, 15) is 9.59 Å². The van der Waals surface area contributed by atoms with Crippen LogP contribution in [0.3, 0.4) is 0 Å². The first-order valence-electron chi connectivity index (χ1n) is 7.06. The number of hydrogen-bond acceptors (Lipinski definition) is 4. The van der Waals surface area contributed by atoms with Crippen molar-refractivity contribution in [3.8, 4) is 0 Å². The lowest BCUT2D eigenvalue weighted by Gasteiger charge is -2.16. The molecule has 1 fully saturated rings. The third-order valence-corrected chi connectivity index (χ3v) is 4.18. The standard InChI is InChI=1S/C15H18N2O3/c1-3-20-15(19)13-6-9(2)17(16-13)14(18)12-8-10-4-5-11(12)7-10/h4-6,10-12H,3,7-8H2,1-2H3. The third-order valence-electron chi connectivity index (χ3n) is 4.18. The molecule has 106 valence electrons. The second-order valence-corrected chi connectivity index (χ2v) is 5.53. The van der Waals surface area contributed by atoms with Gasteiger partial charge in [-0.15, -0.1) is 0 Å². The molecule has 5 nitrogen and oxygen atoms in total. The number of hydrogen-bond donors (Lipinski definition) is 0. The maximum Gasteiger partial charge on any atom is 0.358 e. The Morgan fingerprint density at radius 3 is 2.80 bits per heavy atom. The molecule has 2 aliphatic rings. The van der Waals surface area contributed by atoms with Gasteiger partial charge in [0, 0.05) is 11.6 Å². The number of carbonyl (C=O) groups excluding carboxylic acids is 2. The molecular weight excluding hydrogens is 256 g/mol. The zero-order valence-electron chi connectivity index (χ0n) is 11.7. The summed E-state index contributed by atoms with van der Waals surface area (Å²) in [6.07, 6.45) is 6.31. The lowest BCUT2D eigenvalue weighted by atomic mass is 9.93. The van der Waals surface area contributed by atoms with Gasteiger partial charge in [-0.3, -0.25) is 4.79 Å². The maximum atomic E-state index is 12.6. The highest BCUT2D eigenvalue weighted by Gasteiger charge is 2.41. The average molecular weight is 274 g/mol. The molecule has 3 atom stereocenters. The van der Waals surface area contributed by atoms with Gasteiger partial charge in [0.05, 0.1) is 6.61 Å². The highest BCUT2D eigenvalue weighted by atomic mass is 16.5. The maximum absolute atomic E-state index is 12.6. The Labute approximate surface area is 117 Å². The van der Waals surface area contributed by atoms with E-state index >= 15 is 0 Å². The molecule has 1 aromatic rings. The van der Waals surface area contributed by atoms with Crippen molar-refractivity contribution >= 4 is 11.9 Å². The predicted octanol–water partition coefficient (Wildman–Crippen LogP) is 2.22. The lowest BCUT2D eigenvalue weighted by Crippen LogP contribution is -2.27. The van der Waals surface area contributed by atoms with Crippen molar-refractivity contribution in [2.24, 2.45) is 17.8 Å². The molecule has 1 heterocycles. The number of rotatable bonds is 3. The number of aromatic nitrogens is 2. The van der Waals surface area contributed by atoms with Gasteiger partial charge in [-0.25, -0.2) is 9.48 Å². The van der Waals surface area contributed by atoms with Crippen molar-refractivity contribution in [2.75, 3.05) is 6.61 Å². The molecule has 2 bridgehead atoms. The average Bonchev–Trinajstić information content (AvgIpc) is 3.12. The molecule has 2 aliphatic carbocycles. The van der Waals surface area contributed by atoms with Gasteiger partial charge < -0.3 is 4.74 Å². The van der Waals surface area contributed by atoms with Gasteiger partial charge in [-0.05, 0) is 44.6 Å². The van der Waals surface area contributed by atoms with Crippen LogP contribution in [0.5, 0.6) is 0 Å². The van der Waals surface area contributed by atoms with Crippen LogP contribution in [0.2, 0.25) is 0 Å². The Balaban J connectivity index is 1.82. The molecule has 0 saturated heterocycles. The van der Waals surface area contributed by atoms with Crippen LogP contribution in [0.4, 0.5) is 0 Å². The van der Waals surface area contributed by atoms with Crippen LogP contribution in [-0.4, -0.2) is 28.3 Å². The predicted molar refractivity (Wildman–Crippen MR) is 72.4 cm³/mol. The number of esters is 1. The fourth-order valence-electron chi connectivity index (χ4n) is 3.22. The summed E-state index contributed by atoms with van der Waals surface area (Å²) < 4.78 is 6.28. The van der Waals surface area contributed by atoms with E-state index in [-0.39, 0.29) is 17.5 Å². The van der Waals surface area contributed by atoms with Crippen LogP contribution in [0, 0.1) is 24.7 Å². The molecular formula is C15H18N2O3. The molecule has 3 rings (SSSR count). The van der Waals surface area contributed by atoms with Gasteiger partial charge in [0.25, 0.3) is 5.91 Å². The first kappa shape index (κ1) is 13.1. The Kier molecular flexibility index (Phi) is 3.20. The second kappa shape index (κ2) is 4.89. The van der Waals surface area contributed by atoms with Gasteiger partial charge in [0.1, 0.15) is 0 Å². The molecule has 3 unspecified atom stereocenters. The number of aryl methyl sites for hydroxylation is 1. The summed E-state index contributed by atoms with van der Waals surface area (Å²) in [7, 11) is 0. The SMILES string of the molecule is CCOC(=O)c1cc(C)n(C(=O)C2CC3C=CC2C3)n1. The molecule has 0 N–H and O–H groups in total. The minimum atomic E-state index is -0.477. The summed E-state index contributed by atoms with van der Waals surface area (Å²) in [5.74, 6) is 0.389. The number of carbonyl (C=O) groups is 2. The molecule has 0 aromatic carbocycles. The third kappa shape index (κ3) is 2.07. The van der Waals surface area contributed by atoms with E-state index in [1.54, 1.807) is 19.9 Å². The summed E-state index contributed by atoms with van der Waals surface area (Å²) in [4.78, 5) is 24.2. The fraction of sp³-hybridized carbons (Fsp3) is 0.533. The second-order valence-electron chi connectivity index (χ2n) is 5.53. The van der Waals surface area contributed by atoms with Crippen LogP contribution in [-0.2, 0) is 4.74 Å². The van der Waals surface area contributed by atoms with Crippen LogP contribution >= 0.6 is 0 Å². The number of allylic oxidation sites excluding steroid dienone is 2. The lowest BCUT2D eigenvalue weighted by molar-refractivity contribution is 0.0518. The quantitative estimate of drug-likeness (QED) is 0.626. The minimum Gasteiger partial charge on any atom is -0.461 e. The highest BCUT2D eigenvalue weighted by Crippen LogP contribution is 2.44. The van der Waals surface area contributed by atoms with Crippen molar-refractivity contribution in [1.82, 2.24) is 9.78 Å². The Bertz CT molecular complexity index is 588. The zero-order valence-corrected chi connectivity index (χ0v) is 11.7. The Morgan fingerprint density at radius 2 is 2.20 bits per heavy atom. The topological polar surface area (TPSA) is 61.2 Å². The number of fused-ring (bicyclic) bond motifs is 2. The van der Waals surface area contributed by atoms with Crippen LogP contribution in [0.15, 0.2) is 18.2 Å². The molecule has 1 saturated carbocycles. The number of ether oxygens (including phenoxy) is 1. The van der Waals surface area contributed by atoms with Crippen LogP contribution in [0.25, 0.3) is 0 Å². The fourth-order valence-corrected chi connectivity index (χ4v) is 3.22. The first-order chi connectivity index (χ1) is 9.60. The molecule has 1 aromatic heterocycles. The Hall–Kier alpha value is -1.91. The molecule has 0 spiro atoms. The smallest absolute Gasteiger partial charge is 0.358 e. The molecule has 20 heavy (non-hydrogen) atoms. The van der Waals surface area contributed by atoms with E-state index in [4.69, 9.17) is 4.74 Å². The summed E-state index contributed by atoms with van der Waals surface area (Å²) >= 11 is 0. The van der Waals surface area contributed by atoms with Crippen molar-refractivity contribution in [1.29, 1.82) is 0 Å². The van der Waals surface area contributed by atoms with E-state index in [1.165, 1.54) is 4.68 Å².